The Morgan fingerprint density at radius 3 is 2.84 bits per heavy atom. The quantitative estimate of drug-likeness (QED) is 0.880. The third-order valence-corrected chi connectivity index (χ3v) is 2.77. The summed E-state index contributed by atoms with van der Waals surface area (Å²) in [6, 6.07) is 3.28. The lowest BCUT2D eigenvalue weighted by molar-refractivity contribution is 0.102. The number of hydrogen-bond donors (Lipinski definition) is 2. The van der Waals surface area contributed by atoms with E-state index in [1.165, 1.54) is 10.7 Å². The van der Waals surface area contributed by atoms with Gasteiger partial charge in [-0.2, -0.15) is 10.2 Å². The predicted octanol–water partition coefficient (Wildman–Crippen LogP) is 1.11. The largest absolute Gasteiger partial charge is 0.304 e. The summed E-state index contributed by atoms with van der Waals surface area (Å²) in [5.74, 6) is 0.119. The van der Waals surface area contributed by atoms with E-state index in [0.29, 0.717) is 11.0 Å². The number of nitrogens with zero attached hydrogens (tertiary/aromatic N) is 4. The number of amides is 1. The van der Waals surface area contributed by atoms with E-state index in [0.717, 1.165) is 12.2 Å². The fraction of sp³-hybridized carbons (Fsp3) is 0.364. The molecule has 0 aromatic carbocycles. The molecule has 0 saturated heterocycles. The normalized spacial score (nSPS) is 11.0. The number of H-pyrrole nitrogens is 1. The summed E-state index contributed by atoms with van der Waals surface area (Å²) in [6.07, 6.45) is 0. The number of anilines is 1. The molecule has 0 radical (unpaired) electrons. The van der Waals surface area contributed by atoms with E-state index in [1.54, 1.807) is 13.1 Å². The topological polar surface area (TPSA) is 78.8 Å². The van der Waals surface area contributed by atoms with Crippen LogP contribution in [0.5, 0.6) is 0 Å². The summed E-state index contributed by atoms with van der Waals surface area (Å²) < 4.78 is 1.43. The highest BCUT2D eigenvalue weighted by atomic mass is 35.5. The molecule has 8 heteroatoms. The highest BCUT2D eigenvalue weighted by Gasteiger charge is 2.13. The first-order chi connectivity index (χ1) is 8.95. The van der Waals surface area contributed by atoms with Crippen molar-refractivity contribution < 1.29 is 4.79 Å². The maximum Gasteiger partial charge on any atom is 0.277 e. The van der Waals surface area contributed by atoms with Crippen molar-refractivity contribution >= 4 is 23.3 Å². The Balaban J connectivity index is 2.04. The minimum absolute atomic E-state index is 0.254. The first kappa shape index (κ1) is 13.6. The van der Waals surface area contributed by atoms with Crippen LogP contribution in [0.15, 0.2) is 12.1 Å². The molecule has 2 heterocycles. The van der Waals surface area contributed by atoms with Crippen molar-refractivity contribution in [2.24, 2.45) is 7.05 Å². The number of aromatic nitrogens is 4. The van der Waals surface area contributed by atoms with Gasteiger partial charge in [0.05, 0.1) is 5.69 Å². The van der Waals surface area contributed by atoms with Crippen molar-refractivity contribution in [3.8, 4) is 0 Å². The van der Waals surface area contributed by atoms with E-state index in [1.807, 2.05) is 19.0 Å². The average molecular weight is 283 g/mol. The lowest BCUT2D eigenvalue weighted by Gasteiger charge is -2.05. The summed E-state index contributed by atoms with van der Waals surface area (Å²) >= 11 is 5.83. The van der Waals surface area contributed by atoms with Gasteiger partial charge < -0.3 is 10.2 Å². The molecule has 0 saturated carbocycles. The zero-order valence-corrected chi connectivity index (χ0v) is 11.7. The molecule has 2 aromatic heterocycles. The van der Waals surface area contributed by atoms with E-state index in [4.69, 9.17) is 11.6 Å². The Hall–Kier alpha value is -1.86. The molecule has 1 amide bonds. The molecule has 2 N–H and O–H groups in total. The molecule has 19 heavy (non-hydrogen) atoms. The van der Waals surface area contributed by atoms with Crippen LogP contribution >= 0.6 is 11.6 Å². The highest BCUT2D eigenvalue weighted by Crippen LogP contribution is 2.12. The fourth-order valence-electron chi connectivity index (χ4n) is 1.58. The monoisotopic (exact) mass is 282 g/mol. The van der Waals surface area contributed by atoms with Crippen molar-refractivity contribution in [2.75, 3.05) is 19.4 Å². The first-order valence-corrected chi connectivity index (χ1v) is 6.03. The fourth-order valence-corrected chi connectivity index (χ4v) is 1.72. The van der Waals surface area contributed by atoms with E-state index >= 15 is 0 Å². The molecule has 102 valence electrons. The molecule has 2 rings (SSSR count). The number of aryl methyl sites for hydroxylation is 1. The number of halogens is 1. The third-order valence-electron chi connectivity index (χ3n) is 2.41. The summed E-state index contributed by atoms with van der Waals surface area (Å²) in [6.45, 7) is 0.721. The van der Waals surface area contributed by atoms with Crippen molar-refractivity contribution in [3.05, 3.63) is 28.7 Å². The zero-order chi connectivity index (χ0) is 14.0. The second kappa shape index (κ2) is 5.41. The van der Waals surface area contributed by atoms with Gasteiger partial charge >= 0.3 is 0 Å². The number of aromatic amines is 1. The van der Waals surface area contributed by atoms with Gasteiger partial charge in [0, 0.05) is 25.7 Å². The van der Waals surface area contributed by atoms with Crippen LogP contribution in [-0.2, 0) is 13.6 Å². The van der Waals surface area contributed by atoms with Crippen LogP contribution in [0.3, 0.4) is 0 Å². The van der Waals surface area contributed by atoms with Crippen molar-refractivity contribution in [1.29, 1.82) is 0 Å². The number of carbonyl (C=O) groups is 1. The average Bonchev–Trinajstić information content (AvgIpc) is 2.86. The number of nitrogens with one attached hydrogen (secondary N) is 2. The van der Waals surface area contributed by atoms with Crippen LogP contribution in [0.2, 0.25) is 5.15 Å². The molecule has 0 atom stereocenters. The molecule has 2 aromatic rings. The van der Waals surface area contributed by atoms with Crippen LogP contribution in [0.25, 0.3) is 0 Å². The highest BCUT2D eigenvalue weighted by molar-refractivity contribution is 6.30. The van der Waals surface area contributed by atoms with Crippen LogP contribution in [0.4, 0.5) is 5.82 Å². The maximum atomic E-state index is 11.9. The maximum absolute atomic E-state index is 11.9. The van der Waals surface area contributed by atoms with Gasteiger partial charge in [-0.05, 0) is 14.1 Å². The van der Waals surface area contributed by atoms with Gasteiger partial charge in [0.15, 0.2) is 11.5 Å². The smallest absolute Gasteiger partial charge is 0.277 e. The third kappa shape index (κ3) is 3.33. The molecular formula is C11H15ClN6O. The molecule has 0 unspecified atom stereocenters. The Kier molecular flexibility index (Phi) is 3.87. The molecule has 0 fully saturated rings. The number of hydrogen-bond acceptors (Lipinski definition) is 4. The molecule has 0 aliphatic rings. The molecule has 0 spiro atoms. The second-order valence-electron chi connectivity index (χ2n) is 4.45. The number of carbonyl (C=O) groups excluding carboxylic acids is 1. The van der Waals surface area contributed by atoms with Crippen molar-refractivity contribution in [3.63, 3.8) is 0 Å². The molecule has 7 nitrogen and oxygen atoms in total. The summed E-state index contributed by atoms with van der Waals surface area (Å²) in [4.78, 5) is 13.9. The Bertz CT molecular complexity index is 568. The second-order valence-corrected chi connectivity index (χ2v) is 4.83. The lowest BCUT2D eigenvalue weighted by atomic mass is 10.4. The van der Waals surface area contributed by atoms with Gasteiger partial charge in [-0.25, -0.2) is 0 Å². The van der Waals surface area contributed by atoms with Crippen LogP contribution in [-0.4, -0.2) is 44.9 Å². The standard InChI is InChI=1S/C11H15ClN6O/c1-17(2)6-7-4-10(15-14-7)13-11(19)8-5-9(12)18(3)16-8/h4-5H,6H2,1-3H3,(H2,13,14,15,19). The minimum atomic E-state index is -0.342. The van der Waals surface area contributed by atoms with E-state index in [-0.39, 0.29) is 11.6 Å². The zero-order valence-electron chi connectivity index (χ0n) is 10.9. The Morgan fingerprint density at radius 2 is 2.26 bits per heavy atom. The van der Waals surface area contributed by atoms with Gasteiger partial charge in [0.1, 0.15) is 5.15 Å². The van der Waals surface area contributed by atoms with Gasteiger partial charge in [-0.15, -0.1) is 0 Å². The molecular weight excluding hydrogens is 268 g/mol. The first-order valence-electron chi connectivity index (χ1n) is 5.65. The molecule has 0 aliphatic heterocycles. The predicted molar refractivity (Wildman–Crippen MR) is 72.1 cm³/mol. The summed E-state index contributed by atoms with van der Waals surface area (Å²) in [7, 11) is 5.58. The van der Waals surface area contributed by atoms with Crippen LogP contribution in [0.1, 0.15) is 16.2 Å². The van der Waals surface area contributed by atoms with E-state index in [9.17, 15) is 4.79 Å². The van der Waals surface area contributed by atoms with Crippen molar-refractivity contribution in [2.45, 2.75) is 6.54 Å². The van der Waals surface area contributed by atoms with E-state index < -0.39 is 0 Å². The number of rotatable bonds is 4. The molecule has 0 bridgehead atoms. The van der Waals surface area contributed by atoms with Crippen LogP contribution < -0.4 is 5.32 Å². The van der Waals surface area contributed by atoms with Gasteiger partial charge in [0.2, 0.25) is 0 Å². The SMILES string of the molecule is CN(C)Cc1cc(NC(=O)c2cc(Cl)n(C)n2)n[nH]1. The summed E-state index contributed by atoms with van der Waals surface area (Å²) in [5, 5.41) is 13.9. The molecule has 0 aliphatic carbocycles. The Labute approximate surface area is 115 Å². The Morgan fingerprint density at radius 1 is 1.53 bits per heavy atom. The van der Waals surface area contributed by atoms with Gasteiger partial charge in [0.25, 0.3) is 5.91 Å². The van der Waals surface area contributed by atoms with Gasteiger partial charge in [-0.3, -0.25) is 14.6 Å². The van der Waals surface area contributed by atoms with Crippen molar-refractivity contribution in [1.82, 2.24) is 24.9 Å². The lowest BCUT2D eigenvalue weighted by Crippen LogP contribution is -2.13. The van der Waals surface area contributed by atoms with Gasteiger partial charge in [-0.1, -0.05) is 11.6 Å². The summed E-state index contributed by atoms with van der Waals surface area (Å²) in [5.41, 5.74) is 1.17. The van der Waals surface area contributed by atoms with Crippen LogP contribution in [0, 0.1) is 0 Å². The minimum Gasteiger partial charge on any atom is -0.304 e. The van der Waals surface area contributed by atoms with E-state index in [2.05, 4.69) is 20.6 Å².